The molecule has 1 unspecified atom stereocenters. The number of rotatable bonds is 8. The van der Waals surface area contributed by atoms with Gasteiger partial charge in [0, 0.05) is 19.0 Å². The maximum Gasteiger partial charge on any atom is 0.222 e. The first-order valence-corrected chi connectivity index (χ1v) is 8.14. The van der Waals surface area contributed by atoms with Crippen LogP contribution >= 0.6 is 0 Å². The molecule has 0 saturated carbocycles. The van der Waals surface area contributed by atoms with Gasteiger partial charge in [0.2, 0.25) is 5.91 Å². The van der Waals surface area contributed by atoms with Crippen LogP contribution in [0, 0.1) is 5.92 Å². The van der Waals surface area contributed by atoms with Crippen LogP contribution in [0.25, 0.3) is 0 Å². The Bertz CT molecular complexity index is 253. The number of piperidine rings is 1. The van der Waals surface area contributed by atoms with Crippen molar-refractivity contribution in [3.8, 4) is 0 Å². The van der Waals surface area contributed by atoms with Crippen LogP contribution in [0.3, 0.4) is 0 Å². The Morgan fingerprint density at radius 3 is 2.63 bits per heavy atom. The third kappa shape index (κ3) is 6.42. The van der Waals surface area contributed by atoms with E-state index in [0.717, 1.165) is 38.8 Å². The van der Waals surface area contributed by atoms with Gasteiger partial charge in [0.15, 0.2) is 0 Å². The molecule has 1 amide bonds. The first-order valence-electron chi connectivity index (χ1n) is 8.14. The maximum atomic E-state index is 12.3. The van der Waals surface area contributed by atoms with Crippen molar-refractivity contribution in [1.82, 2.24) is 4.90 Å². The van der Waals surface area contributed by atoms with E-state index >= 15 is 0 Å². The summed E-state index contributed by atoms with van der Waals surface area (Å²) in [5.41, 5.74) is 5.48. The van der Waals surface area contributed by atoms with Crippen LogP contribution in [0.15, 0.2) is 0 Å². The Labute approximate surface area is 118 Å². The number of nitrogens with two attached hydrogens (primary N) is 1. The SMILES string of the molecule is CC(C)CC1CCCCN1C(=O)CCCCCCN. The van der Waals surface area contributed by atoms with Gasteiger partial charge in [-0.05, 0) is 51.0 Å². The van der Waals surface area contributed by atoms with E-state index in [-0.39, 0.29) is 0 Å². The zero-order valence-corrected chi connectivity index (χ0v) is 12.9. The first kappa shape index (κ1) is 16.5. The van der Waals surface area contributed by atoms with Crippen LogP contribution in [-0.2, 0) is 4.79 Å². The zero-order valence-electron chi connectivity index (χ0n) is 12.9. The first-order chi connectivity index (χ1) is 9.15. The molecule has 112 valence electrons. The van der Waals surface area contributed by atoms with Gasteiger partial charge in [-0.3, -0.25) is 4.79 Å². The second-order valence-electron chi connectivity index (χ2n) is 6.32. The lowest BCUT2D eigenvalue weighted by atomic mass is 9.93. The average Bonchev–Trinajstić information content (AvgIpc) is 2.38. The molecule has 1 rings (SSSR count). The van der Waals surface area contributed by atoms with Gasteiger partial charge in [0.25, 0.3) is 0 Å². The summed E-state index contributed by atoms with van der Waals surface area (Å²) in [6.07, 6.45) is 10.0. The van der Waals surface area contributed by atoms with Crippen LogP contribution in [0.1, 0.15) is 71.6 Å². The fraction of sp³-hybridized carbons (Fsp3) is 0.938. The summed E-state index contributed by atoms with van der Waals surface area (Å²) in [6, 6.07) is 0.505. The van der Waals surface area contributed by atoms with Gasteiger partial charge in [-0.1, -0.05) is 26.7 Å². The monoisotopic (exact) mass is 268 g/mol. The van der Waals surface area contributed by atoms with Gasteiger partial charge >= 0.3 is 0 Å². The Balaban J connectivity index is 2.30. The molecule has 0 aromatic heterocycles. The minimum atomic E-state index is 0.387. The molecule has 0 aromatic carbocycles. The molecule has 3 nitrogen and oxygen atoms in total. The van der Waals surface area contributed by atoms with E-state index in [2.05, 4.69) is 18.7 Å². The van der Waals surface area contributed by atoms with Crippen LogP contribution in [0.4, 0.5) is 0 Å². The van der Waals surface area contributed by atoms with Gasteiger partial charge in [-0.15, -0.1) is 0 Å². The molecule has 2 N–H and O–H groups in total. The molecule has 1 saturated heterocycles. The second-order valence-corrected chi connectivity index (χ2v) is 6.32. The van der Waals surface area contributed by atoms with Crippen LogP contribution < -0.4 is 5.73 Å². The van der Waals surface area contributed by atoms with E-state index in [1.807, 2.05) is 0 Å². The summed E-state index contributed by atoms with van der Waals surface area (Å²) in [5, 5.41) is 0. The summed E-state index contributed by atoms with van der Waals surface area (Å²) < 4.78 is 0. The number of hydrogen-bond acceptors (Lipinski definition) is 2. The Morgan fingerprint density at radius 2 is 1.95 bits per heavy atom. The Hall–Kier alpha value is -0.570. The lowest BCUT2D eigenvalue weighted by Crippen LogP contribution is -2.44. The summed E-state index contributed by atoms with van der Waals surface area (Å²) in [5.74, 6) is 1.07. The Morgan fingerprint density at radius 1 is 1.21 bits per heavy atom. The predicted octanol–water partition coefficient (Wildman–Crippen LogP) is 3.32. The fourth-order valence-electron chi connectivity index (χ4n) is 3.04. The van der Waals surface area contributed by atoms with Crippen molar-refractivity contribution in [2.75, 3.05) is 13.1 Å². The largest absolute Gasteiger partial charge is 0.340 e. The average molecular weight is 268 g/mol. The summed E-state index contributed by atoms with van der Waals surface area (Å²) in [4.78, 5) is 14.5. The van der Waals surface area contributed by atoms with Crippen molar-refractivity contribution >= 4 is 5.91 Å². The lowest BCUT2D eigenvalue weighted by Gasteiger charge is -2.37. The summed E-state index contributed by atoms with van der Waals surface area (Å²) >= 11 is 0. The molecule has 19 heavy (non-hydrogen) atoms. The quantitative estimate of drug-likeness (QED) is 0.686. The molecular weight excluding hydrogens is 236 g/mol. The van der Waals surface area contributed by atoms with E-state index in [1.165, 1.54) is 32.1 Å². The highest BCUT2D eigenvalue weighted by Crippen LogP contribution is 2.24. The van der Waals surface area contributed by atoms with E-state index in [1.54, 1.807) is 0 Å². The van der Waals surface area contributed by atoms with Crippen molar-refractivity contribution in [3.63, 3.8) is 0 Å². The third-order valence-electron chi connectivity index (χ3n) is 4.04. The molecule has 1 fully saturated rings. The van der Waals surface area contributed by atoms with Gasteiger partial charge in [0.05, 0.1) is 0 Å². The minimum Gasteiger partial charge on any atom is -0.340 e. The van der Waals surface area contributed by atoms with Crippen LogP contribution in [-0.4, -0.2) is 29.9 Å². The number of nitrogens with zero attached hydrogens (tertiary/aromatic N) is 1. The third-order valence-corrected chi connectivity index (χ3v) is 4.04. The highest BCUT2D eigenvalue weighted by Gasteiger charge is 2.26. The molecule has 0 aliphatic carbocycles. The van der Waals surface area contributed by atoms with Crippen molar-refractivity contribution in [3.05, 3.63) is 0 Å². The van der Waals surface area contributed by atoms with Gasteiger partial charge < -0.3 is 10.6 Å². The number of carbonyl (C=O) groups excluding carboxylic acids is 1. The van der Waals surface area contributed by atoms with Crippen molar-refractivity contribution < 1.29 is 4.79 Å². The molecule has 1 heterocycles. The van der Waals surface area contributed by atoms with E-state index in [4.69, 9.17) is 5.73 Å². The number of carbonyl (C=O) groups is 1. The summed E-state index contributed by atoms with van der Waals surface area (Å²) in [6.45, 7) is 6.27. The number of amides is 1. The molecule has 1 atom stereocenters. The lowest BCUT2D eigenvalue weighted by molar-refractivity contribution is -0.135. The number of likely N-dealkylation sites (tertiary alicyclic amines) is 1. The smallest absolute Gasteiger partial charge is 0.222 e. The van der Waals surface area contributed by atoms with Crippen LogP contribution in [0.5, 0.6) is 0 Å². The molecule has 1 aliphatic heterocycles. The molecule has 0 bridgehead atoms. The molecule has 0 aromatic rings. The van der Waals surface area contributed by atoms with Crippen molar-refractivity contribution in [1.29, 1.82) is 0 Å². The molecule has 0 radical (unpaired) electrons. The minimum absolute atomic E-state index is 0.387. The highest BCUT2D eigenvalue weighted by molar-refractivity contribution is 5.76. The molecule has 0 spiro atoms. The number of unbranched alkanes of at least 4 members (excludes halogenated alkanes) is 3. The second kappa shape index (κ2) is 9.35. The van der Waals surface area contributed by atoms with Gasteiger partial charge in [-0.2, -0.15) is 0 Å². The van der Waals surface area contributed by atoms with Crippen molar-refractivity contribution in [2.24, 2.45) is 11.7 Å². The predicted molar refractivity (Wildman–Crippen MR) is 80.9 cm³/mol. The van der Waals surface area contributed by atoms with Crippen molar-refractivity contribution in [2.45, 2.75) is 77.7 Å². The molecular formula is C16H32N2O. The van der Waals surface area contributed by atoms with Gasteiger partial charge in [0.1, 0.15) is 0 Å². The normalized spacial score (nSPS) is 20.0. The molecule has 1 aliphatic rings. The maximum absolute atomic E-state index is 12.3. The highest BCUT2D eigenvalue weighted by atomic mass is 16.2. The van der Waals surface area contributed by atoms with E-state index < -0.39 is 0 Å². The van der Waals surface area contributed by atoms with Crippen LogP contribution in [0.2, 0.25) is 0 Å². The molecule has 3 heteroatoms. The van der Waals surface area contributed by atoms with Gasteiger partial charge in [-0.25, -0.2) is 0 Å². The number of hydrogen-bond donors (Lipinski definition) is 1. The standard InChI is InChI=1S/C16H32N2O/c1-14(2)13-15-9-6-8-12-18(15)16(19)10-5-3-4-7-11-17/h14-15H,3-13,17H2,1-2H3. The topological polar surface area (TPSA) is 46.3 Å². The fourth-order valence-corrected chi connectivity index (χ4v) is 3.04. The van der Waals surface area contributed by atoms with E-state index in [0.29, 0.717) is 17.9 Å². The Kier molecular flexibility index (Phi) is 8.11. The zero-order chi connectivity index (χ0) is 14.1. The summed E-state index contributed by atoms with van der Waals surface area (Å²) in [7, 11) is 0. The van der Waals surface area contributed by atoms with E-state index in [9.17, 15) is 4.79 Å².